The van der Waals surface area contributed by atoms with Crippen LogP contribution in [0.4, 0.5) is 11.5 Å². The van der Waals surface area contributed by atoms with E-state index >= 15 is 0 Å². The second-order valence-electron chi connectivity index (χ2n) is 8.10. The molecule has 5 rings (SSSR count). The van der Waals surface area contributed by atoms with Crippen molar-refractivity contribution in [2.45, 2.75) is 32.9 Å². The second kappa shape index (κ2) is 7.75. The van der Waals surface area contributed by atoms with Crippen LogP contribution in [0, 0.1) is 18.8 Å². The molecule has 1 aliphatic heterocycles. The lowest BCUT2D eigenvalue weighted by Gasteiger charge is -2.20. The van der Waals surface area contributed by atoms with E-state index in [1.165, 1.54) is 18.6 Å². The molecule has 3 atom stereocenters. The lowest BCUT2D eigenvalue weighted by Crippen LogP contribution is -2.30. The molecule has 4 heterocycles. The van der Waals surface area contributed by atoms with Crippen LogP contribution < -0.4 is 10.2 Å². The number of carbonyl (C=O) groups excluding carboxylic acids is 2. The lowest BCUT2D eigenvalue weighted by atomic mass is 10.2. The third kappa shape index (κ3) is 3.50. The van der Waals surface area contributed by atoms with E-state index in [0.29, 0.717) is 28.8 Å². The third-order valence-corrected chi connectivity index (χ3v) is 5.94. The van der Waals surface area contributed by atoms with Gasteiger partial charge in [-0.25, -0.2) is 9.97 Å². The zero-order valence-corrected chi connectivity index (χ0v) is 17.6. The van der Waals surface area contributed by atoms with Gasteiger partial charge in [0.1, 0.15) is 0 Å². The summed E-state index contributed by atoms with van der Waals surface area (Å²) < 4.78 is 1.67. The highest BCUT2D eigenvalue weighted by Gasteiger charge is 2.53. The molecule has 32 heavy (non-hydrogen) atoms. The molecule has 11 nitrogen and oxygen atoms in total. The highest BCUT2D eigenvalue weighted by atomic mass is 16.3. The van der Waals surface area contributed by atoms with Gasteiger partial charge < -0.3 is 10.4 Å². The van der Waals surface area contributed by atoms with Crippen LogP contribution in [0.25, 0.3) is 0 Å². The Balaban J connectivity index is 1.30. The summed E-state index contributed by atoms with van der Waals surface area (Å²) in [6, 6.07) is -0.242. The van der Waals surface area contributed by atoms with Crippen molar-refractivity contribution in [3.05, 3.63) is 53.8 Å². The fraction of sp³-hybridized carbons (Fsp3) is 0.381. The van der Waals surface area contributed by atoms with Crippen molar-refractivity contribution < 1.29 is 14.7 Å². The number of nitrogens with zero attached hydrogens (tertiary/aromatic N) is 7. The van der Waals surface area contributed by atoms with E-state index in [1.807, 2.05) is 13.8 Å². The fourth-order valence-corrected chi connectivity index (χ4v) is 4.04. The zero-order valence-electron chi connectivity index (χ0n) is 17.6. The molecule has 2 aliphatic rings. The first-order valence-corrected chi connectivity index (χ1v) is 10.4. The van der Waals surface area contributed by atoms with E-state index in [0.717, 1.165) is 13.0 Å². The maximum atomic E-state index is 12.5. The number of piperidine rings is 1. The van der Waals surface area contributed by atoms with Crippen molar-refractivity contribution in [1.29, 1.82) is 0 Å². The Morgan fingerprint density at radius 1 is 1.28 bits per heavy atom. The number of carbonyl (C=O) groups is 2. The smallest absolute Gasteiger partial charge is 0.276 e. The van der Waals surface area contributed by atoms with Gasteiger partial charge in [-0.15, -0.1) is 0 Å². The molecule has 2 N–H and O–H groups in total. The van der Waals surface area contributed by atoms with Gasteiger partial charge in [-0.2, -0.15) is 5.10 Å². The van der Waals surface area contributed by atoms with Gasteiger partial charge in [0, 0.05) is 31.1 Å². The molecule has 3 aromatic rings. The van der Waals surface area contributed by atoms with Crippen molar-refractivity contribution in [2.75, 3.05) is 16.8 Å². The number of aryl methyl sites for hydroxylation is 1. The highest BCUT2D eigenvalue weighted by Crippen LogP contribution is 2.47. The highest BCUT2D eigenvalue weighted by molar-refractivity contribution is 6.03. The summed E-state index contributed by atoms with van der Waals surface area (Å²) in [6.07, 6.45) is 8.67. The number of amides is 2. The Hall–Kier alpha value is -3.73. The number of aliphatic hydroxyl groups is 1. The van der Waals surface area contributed by atoms with Crippen LogP contribution in [0.3, 0.4) is 0 Å². The predicted molar refractivity (Wildman–Crippen MR) is 113 cm³/mol. The number of nitrogens with one attached hydrogen (secondary N) is 1. The Labute approximate surface area is 183 Å². The number of fused-ring (bicyclic) bond motifs is 1. The van der Waals surface area contributed by atoms with E-state index in [1.54, 1.807) is 22.0 Å². The van der Waals surface area contributed by atoms with Crippen molar-refractivity contribution in [3.63, 3.8) is 0 Å². The first-order chi connectivity index (χ1) is 15.5. The molecule has 0 spiro atoms. The monoisotopic (exact) mass is 434 g/mol. The summed E-state index contributed by atoms with van der Waals surface area (Å²) >= 11 is 0. The molecule has 1 aliphatic carbocycles. The van der Waals surface area contributed by atoms with Gasteiger partial charge in [-0.1, -0.05) is 0 Å². The first kappa shape index (κ1) is 20.2. The number of hydrogen-bond acceptors (Lipinski definition) is 8. The van der Waals surface area contributed by atoms with Gasteiger partial charge in [0.25, 0.3) is 5.91 Å². The summed E-state index contributed by atoms with van der Waals surface area (Å²) in [5.41, 5.74) is 2.12. The summed E-state index contributed by atoms with van der Waals surface area (Å²) in [5.74, 6) is 0.921. The van der Waals surface area contributed by atoms with Crippen molar-refractivity contribution in [1.82, 2.24) is 29.7 Å². The van der Waals surface area contributed by atoms with Gasteiger partial charge in [0.05, 0.1) is 47.8 Å². The van der Waals surface area contributed by atoms with E-state index < -0.39 is 5.91 Å². The minimum absolute atomic E-state index is 0.0574. The normalized spacial score (nSPS) is 20.2. The van der Waals surface area contributed by atoms with Crippen molar-refractivity contribution in [3.8, 4) is 0 Å². The van der Waals surface area contributed by atoms with Gasteiger partial charge >= 0.3 is 0 Å². The van der Waals surface area contributed by atoms with Gasteiger partial charge in [-0.05, 0) is 26.2 Å². The maximum absolute atomic E-state index is 12.5. The number of hydrogen-bond donors (Lipinski definition) is 2. The molecule has 0 bridgehead atoms. The molecular formula is C21H22N8O3. The standard InChI is InChI=1S/C21H22N8O3/c1-11-19(28-8-13-5-15(13)21(28)32)24-7-16(26-11)12(2)29-9-14(6-25-29)27-20(31)18-17(10-30)22-3-4-23-18/h3-4,6-7,9,12-13,15,30H,5,8,10H2,1-2H3,(H,27,31)/t12-,13-,15-/m1/s1. The quantitative estimate of drug-likeness (QED) is 0.588. The zero-order chi connectivity index (χ0) is 22.4. The molecule has 3 aromatic heterocycles. The lowest BCUT2D eigenvalue weighted by molar-refractivity contribution is -0.118. The molecule has 164 valence electrons. The molecule has 0 radical (unpaired) electrons. The molecule has 11 heteroatoms. The topological polar surface area (TPSA) is 139 Å². The summed E-state index contributed by atoms with van der Waals surface area (Å²) in [4.78, 5) is 43.7. The number of aliphatic hydroxyl groups excluding tert-OH is 1. The Kier molecular flexibility index (Phi) is 4.89. The molecule has 1 saturated carbocycles. The van der Waals surface area contributed by atoms with E-state index in [9.17, 15) is 14.7 Å². The second-order valence-corrected chi connectivity index (χ2v) is 8.10. The van der Waals surface area contributed by atoms with Gasteiger partial charge in [-0.3, -0.25) is 29.1 Å². The van der Waals surface area contributed by atoms with Gasteiger partial charge in [0.15, 0.2) is 11.5 Å². The average Bonchev–Trinajstić information content (AvgIpc) is 3.30. The van der Waals surface area contributed by atoms with Crippen LogP contribution >= 0.6 is 0 Å². The molecule has 2 amide bonds. The largest absolute Gasteiger partial charge is 0.390 e. The van der Waals surface area contributed by atoms with E-state index in [4.69, 9.17) is 0 Å². The molecule has 0 aromatic carbocycles. The predicted octanol–water partition coefficient (Wildman–Crippen LogP) is 1.11. The first-order valence-electron chi connectivity index (χ1n) is 10.4. The number of aromatic nitrogens is 6. The van der Waals surface area contributed by atoms with Crippen LogP contribution in [0.2, 0.25) is 0 Å². The third-order valence-electron chi connectivity index (χ3n) is 5.94. The van der Waals surface area contributed by atoms with E-state index in [-0.39, 0.29) is 35.9 Å². The Bertz CT molecular complexity index is 1210. The summed E-state index contributed by atoms with van der Waals surface area (Å²) in [7, 11) is 0. The minimum Gasteiger partial charge on any atom is -0.390 e. The average molecular weight is 434 g/mol. The van der Waals surface area contributed by atoms with Crippen LogP contribution in [0.1, 0.15) is 47.0 Å². The van der Waals surface area contributed by atoms with Crippen molar-refractivity contribution >= 4 is 23.3 Å². The summed E-state index contributed by atoms with van der Waals surface area (Å²) in [6.45, 7) is 4.11. The Morgan fingerprint density at radius 2 is 2.09 bits per heavy atom. The van der Waals surface area contributed by atoms with Crippen molar-refractivity contribution in [2.24, 2.45) is 11.8 Å². The fourth-order valence-electron chi connectivity index (χ4n) is 4.04. The number of anilines is 2. The molecule has 0 unspecified atom stereocenters. The van der Waals surface area contributed by atoms with Crippen LogP contribution in [0.5, 0.6) is 0 Å². The molecule has 1 saturated heterocycles. The maximum Gasteiger partial charge on any atom is 0.276 e. The molecule has 2 fully saturated rings. The van der Waals surface area contributed by atoms with Gasteiger partial charge in [0.2, 0.25) is 5.91 Å². The molecular weight excluding hydrogens is 412 g/mol. The SMILES string of the molecule is Cc1nc([C@@H](C)n2cc(NC(=O)c3nccnc3CO)cn2)cnc1N1C[C@H]2C[C@H]2C1=O. The van der Waals surface area contributed by atoms with Crippen LogP contribution in [0.15, 0.2) is 31.0 Å². The van der Waals surface area contributed by atoms with Crippen LogP contribution in [-0.2, 0) is 11.4 Å². The van der Waals surface area contributed by atoms with Crippen LogP contribution in [-0.4, -0.2) is 53.2 Å². The Morgan fingerprint density at radius 3 is 2.81 bits per heavy atom. The van der Waals surface area contributed by atoms with E-state index in [2.05, 4.69) is 30.4 Å². The number of rotatable bonds is 6. The minimum atomic E-state index is -0.484. The summed E-state index contributed by atoms with van der Waals surface area (Å²) in [5, 5.41) is 16.4.